The van der Waals surface area contributed by atoms with Crippen LogP contribution in [0, 0.1) is 0 Å². The molecule has 0 atom stereocenters. The molecule has 0 aliphatic rings. The molecule has 3 N–H and O–H groups in total. The van der Waals surface area contributed by atoms with E-state index in [0.29, 0.717) is 22.0 Å². The number of para-hydroxylation sites is 2. The normalized spacial score (nSPS) is 11.1. The number of hydrogen-bond acceptors (Lipinski definition) is 3. The zero-order valence-electron chi connectivity index (χ0n) is 10.9. The van der Waals surface area contributed by atoms with Crippen molar-refractivity contribution in [3.63, 3.8) is 0 Å². The van der Waals surface area contributed by atoms with Crippen LogP contribution in [0.15, 0.2) is 48.5 Å². The van der Waals surface area contributed by atoms with Crippen LogP contribution in [0.1, 0.15) is 0 Å². The molecule has 2 rings (SSSR count). The van der Waals surface area contributed by atoms with Crippen LogP contribution in [0.3, 0.4) is 0 Å². The van der Waals surface area contributed by atoms with E-state index >= 15 is 0 Å². The van der Waals surface area contributed by atoms with Gasteiger partial charge in [-0.3, -0.25) is 4.57 Å². The van der Waals surface area contributed by atoms with Crippen molar-refractivity contribution >= 4 is 29.4 Å². The van der Waals surface area contributed by atoms with Crippen molar-refractivity contribution in [2.75, 3.05) is 24.7 Å². The number of benzene rings is 2. The minimum absolute atomic E-state index is 0.417. The Bertz CT molecular complexity index is 577. The molecular weight excluding hydrogens is 259 g/mol. The molecule has 0 heterocycles. The molecule has 4 nitrogen and oxygen atoms in total. The summed E-state index contributed by atoms with van der Waals surface area (Å²) in [4.78, 5) is 10.6. The van der Waals surface area contributed by atoms with E-state index in [-0.39, 0.29) is 0 Å². The second-order valence-corrected chi connectivity index (χ2v) is 6.23. The van der Waals surface area contributed by atoms with Crippen LogP contribution in [0.4, 0.5) is 11.4 Å². The van der Waals surface area contributed by atoms with Crippen molar-refractivity contribution in [2.45, 2.75) is 0 Å². The molecule has 0 bridgehead atoms. The number of anilines is 2. The average molecular weight is 276 g/mol. The first-order chi connectivity index (χ1) is 9.11. The van der Waals surface area contributed by atoms with E-state index in [9.17, 15) is 9.46 Å². The molecule has 5 heteroatoms. The van der Waals surface area contributed by atoms with E-state index in [0.717, 1.165) is 0 Å². The van der Waals surface area contributed by atoms with Crippen LogP contribution in [-0.2, 0) is 4.57 Å². The molecular formula is C14H17N2O2P. The monoisotopic (exact) mass is 276 g/mol. The minimum Gasteiger partial charge on any atom is -0.387 e. The summed E-state index contributed by atoms with van der Waals surface area (Å²) in [6.45, 7) is 0. The SMILES string of the molecule is CNc1ccccc1P(=O)(O)c1ccccc1NC. The van der Waals surface area contributed by atoms with Gasteiger partial charge in [0.25, 0.3) is 7.37 Å². The Morgan fingerprint density at radius 2 is 1.21 bits per heavy atom. The Morgan fingerprint density at radius 1 is 0.842 bits per heavy atom. The molecule has 0 fully saturated rings. The topological polar surface area (TPSA) is 61.4 Å². The molecule has 0 radical (unpaired) electrons. The molecule has 0 aromatic heterocycles. The summed E-state index contributed by atoms with van der Waals surface area (Å²) in [7, 11) is -0.153. The molecule has 19 heavy (non-hydrogen) atoms. The predicted octanol–water partition coefficient (Wildman–Crippen LogP) is 1.99. The largest absolute Gasteiger partial charge is 0.387 e. The third kappa shape index (κ3) is 2.50. The van der Waals surface area contributed by atoms with Gasteiger partial charge in [-0.25, -0.2) is 0 Å². The standard InChI is InChI=1S/C14H17N2O2P/c1-15-11-7-3-5-9-13(11)19(17,18)14-10-6-4-8-12(14)16-2/h3-10,15-16H,1-2H3,(H,17,18). The second-order valence-electron chi connectivity index (χ2n) is 4.11. The second kappa shape index (κ2) is 5.47. The molecule has 0 saturated heterocycles. The fourth-order valence-electron chi connectivity index (χ4n) is 2.03. The van der Waals surface area contributed by atoms with Crippen LogP contribution < -0.4 is 21.2 Å². The Hall–Kier alpha value is -1.77. The summed E-state index contributed by atoms with van der Waals surface area (Å²) in [6, 6.07) is 14.1. The number of rotatable bonds is 4. The Balaban J connectivity index is 2.62. The number of nitrogens with one attached hydrogen (secondary N) is 2. The van der Waals surface area contributed by atoms with E-state index in [1.54, 1.807) is 50.5 Å². The lowest BCUT2D eigenvalue weighted by Gasteiger charge is -2.18. The molecule has 2 aromatic rings. The van der Waals surface area contributed by atoms with Crippen LogP contribution in [0.2, 0.25) is 0 Å². The summed E-state index contributed by atoms with van der Waals surface area (Å²) in [6.07, 6.45) is 0. The van der Waals surface area contributed by atoms with Gasteiger partial charge in [0.1, 0.15) is 0 Å². The lowest BCUT2D eigenvalue weighted by molar-refractivity contribution is 0.501. The summed E-state index contributed by atoms with van der Waals surface area (Å²) >= 11 is 0. The highest BCUT2D eigenvalue weighted by Crippen LogP contribution is 2.42. The van der Waals surface area contributed by atoms with E-state index in [1.165, 1.54) is 0 Å². The summed E-state index contributed by atoms with van der Waals surface area (Å²) < 4.78 is 12.9. The van der Waals surface area contributed by atoms with Crippen molar-refractivity contribution < 1.29 is 9.46 Å². The van der Waals surface area contributed by atoms with Gasteiger partial charge in [-0.2, -0.15) is 0 Å². The van der Waals surface area contributed by atoms with E-state index in [4.69, 9.17) is 0 Å². The molecule has 0 unspecified atom stereocenters. The summed E-state index contributed by atoms with van der Waals surface area (Å²) in [5.41, 5.74) is 1.33. The average Bonchev–Trinajstić information content (AvgIpc) is 2.47. The fraction of sp³-hybridized carbons (Fsp3) is 0.143. The number of hydrogen-bond donors (Lipinski definition) is 3. The van der Waals surface area contributed by atoms with Gasteiger partial charge in [0, 0.05) is 25.5 Å². The van der Waals surface area contributed by atoms with Gasteiger partial charge < -0.3 is 15.5 Å². The van der Waals surface area contributed by atoms with Gasteiger partial charge in [0.15, 0.2) is 0 Å². The lowest BCUT2D eigenvalue weighted by Crippen LogP contribution is -2.20. The smallest absolute Gasteiger partial charge is 0.262 e. The maximum Gasteiger partial charge on any atom is 0.262 e. The first-order valence-electron chi connectivity index (χ1n) is 5.98. The highest BCUT2D eigenvalue weighted by molar-refractivity contribution is 7.74. The third-order valence-electron chi connectivity index (χ3n) is 3.00. The zero-order chi connectivity index (χ0) is 13.9. The Kier molecular flexibility index (Phi) is 3.93. The first-order valence-corrected chi connectivity index (χ1v) is 7.64. The van der Waals surface area contributed by atoms with Gasteiger partial charge in [-0.15, -0.1) is 0 Å². The van der Waals surface area contributed by atoms with Crippen LogP contribution in [0.25, 0.3) is 0 Å². The third-order valence-corrected chi connectivity index (χ3v) is 5.09. The van der Waals surface area contributed by atoms with Crippen molar-refractivity contribution in [3.8, 4) is 0 Å². The van der Waals surface area contributed by atoms with Crippen molar-refractivity contribution in [3.05, 3.63) is 48.5 Å². The van der Waals surface area contributed by atoms with Crippen molar-refractivity contribution in [2.24, 2.45) is 0 Å². The maximum atomic E-state index is 12.9. The molecule has 2 aromatic carbocycles. The molecule has 0 amide bonds. The first kappa shape index (κ1) is 13.7. The highest BCUT2D eigenvalue weighted by Gasteiger charge is 2.28. The molecule has 0 aliphatic carbocycles. The highest BCUT2D eigenvalue weighted by atomic mass is 31.2. The quantitative estimate of drug-likeness (QED) is 0.747. The van der Waals surface area contributed by atoms with Crippen LogP contribution in [0.5, 0.6) is 0 Å². The Labute approximate surface area is 112 Å². The van der Waals surface area contributed by atoms with Gasteiger partial charge >= 0.3 is 0 Å². The van der Waals surface area contributed by atoms with E-state index < -0.39 is 7.37 Å². The summed E-state index contributed by atoms with van der Waals surface area (Å²) in [5, 5.41) is 6.75. The molecule has 0 aliphatic heterocycles. The minimum atomic E-state index is -3.63. The van der Waals surface area contributed by atoms with Gasteiger partial charge in [0.2, 0.25) is 0 Å². The fourth-order valence-corrected chi connectivity index (χ4v) is 3.89. The Morgan fingerprint density at radius 3 is 1.58 bits per heavy atom. The van der Waals surface area contributed by atoms with E-state index in [1.807, 2.05) is 12.1 Å². The van der Waals surface area contributed by atoms with Gasteiger partial charge in [-0.05, 0) is 24.3 Å². The maximum absolute atomic E-state index is 12.9. The van der Waals surface area contributed by atoms with Crippen LogP contribution >= 0.6 is 7.37 Å². The predicted molar refractivity (Wildman–Crippen MR) is 81.1 cm³/mol. The van der Waals surface area contributed by atoms with Crippen molar-refractivity contribution in [1.82, 2.24) is 0 Å². The lowest BCUT2D eigenvalue weighted by atomic mass is 10.3. The summed E-state index contributed by atoms with van der Waals surface area (Å²) in [5.74, 6) is 0. The zero-order valence-corrected chi connectivity index (χ0v) is 11.8. The van der Waals surface area contributed by atoms with Crippen LogP contribution in [-0.4, -0.2) is 19.0 Å². The van der Waals surface area contributed by atoms with E-state index in [2.05, 4.69) is 10.6 Å². The molecule has 0 saturated carbocycles. The molecule has 100 valence electrons. The van der Waals surface area contributed by atoms with Crippen molar-refractivity contribution in [1.29, 1.82) is 0 Å². The van der Waals surface area contributed by atoms with Gasteiger partial charge in [0.05, 0.1) is 10.6 Å². The van der Waals surface area contributed by atoms with Gasteiger partial charge in [-0.1, -0.05) is 24.3 Å². The molecule has 0 spiro atoms.